The molecule has 23 heavy (non-hydrogen) atoms. The third kappa shape index (κ3) is 5.22. The van der Waals surface area contributed by atoms with Gasteiger partial charge in [-0.25, -0.2) is 0 Å². The maximum atomic E-state index is 12.3. The van der Waals surface area contributed by atoms with Crippen molar-refractivity contribution in [3.63, 3.8) is 0 Å². The van der Waals surface area contributed by atoms with Gasteiger partial charge in [-0.1, -0.05) is 42.0 Å². The van der Waals surface area contributed by atoms with Gasteiger partial charge in [-0.2, -0.15) is 0 Å². The van der Waals surface area contributed by atoms with Crippen LogP contribution >= 0.6 is 0 Å². The summed E-state index contributed by atoms with van der Waals surface area (Å²) in [6, 6.07) is 14.4. The van der Waals surface area contributed by atoms with Crippen LogP contribution in [0.4, 0.5) is 5.69 Å². The van der Waals surface area contributed by atoms with Crippen LogP contribution in [-0.4, -0.2) is 24.9 Å². The second-order valence-electron chi connectivity index (χ2n) is 6.37. The molecule has 2 aromatic carbocycles. The summed E-state index contributed by atoms with van der Waals surface area (Å²) in [7, 11) is 4.07. The maximum Gasteiger partial charge on any atom is 0.224 e. The monoisotopic (exact) mass is 310 g/mol. The highest BCUT2D eigenvalue weighted by atomic mass is 16.1. The molecule has 0 heterocycles. The molecule has 0 saturated heterocycles. The van der Waals surface area contributed by atoms with Crippen molar-refractivity contribution in [1.82, 2.24) is 4.90 Å². The smallest absolute Gasteiger partial charge is 0.224 e. The Bertz CT molecular complexity index is 677. The van der Waals surface area contributed by atoms with Crippen molar-refractivity contribution in [1.29, 1.82) is 0 Å². The zero-order chi connectivity index (χ0) is 16.8. The van der Waals surface area contributed by atoms with E-state index in [0.717, 1.165) is 24.2 Å². The van der Waals surface area contributed by atoms with Crippen LogP contribution in [0.15, 0.2) is 42.5 Å². The zero-order valence-electron chi connectivity index (χ0n) is 14.5. The van der Waals surface area contributed by atoms with Crippen LogP contribution in [0.3, 0.4) is 0 Å². The van der Waals surface area contributed by atoms with E-state index in [0.29, 0.717) is 6.42 Å². The summed E-state index contributed by atoms with van der Waals surface area (Å²) < 4.78 is 0. The molecular weight excluding hydrogens is 284 g/mol. The summed E-state index contributed by atoms with van der Waals surface area (Å²) in [6.07, 6.45) is 1.27. The number of hydrogen-bond donors (Lipinski definition) is 1. The first-order valence-corrected chi connectivity index (χ1v) is 8.04. The van der Waals surface area contributed by atoms with Crippen LogP contribution < -0.4 is 5.32 Å². The molecule has 0 atom stereocenters. The minimum atomic E-state index is 0.0668. The highest BCUT2D eigenvalue weighted by Gasteiger charge is 2.09. The van der Waals surface area contributed by atoms with Gasteiger partial charge in [0.25, 0.3) is 0 Å². The average molecular weight is 310 g/mol. The molecule has 0 aliphatic heterocycles. The number of nitrogens with one attached hydrogen (secondary N) is 1. The second-order valence-corrected chi connectivity index (χ2v) is 6.37. The van der Waals surface area contributed by atoms with Crippen LogP contribution in [0.2, 0.25) is 0 Å². The number of aryl methyl sites for hydroxylation is 3. The van der Waals surface area contributed by atoms with Gasteiger partial charge < -0.3 is 10.2 Å². The molecule has 3 nitrogen and oxygen atoms in total. The number of carbonyl (C=O) groups excluding carboxylic acids is 1. The number of hydrogen-bond acceptors (Lipinski definition) is 2. The minimum Gasteiger partial charge on any atom is -0.326 e. The van der Waals surface area contributed by atoms with E-state index in [1.54, 1.807) is 0 Å². The topological polar surface area (TPSA) is 32.3 Å². The molecule has 2 rings (SSSR count). The SMILES string of the molecule is Cc1ccc(NC(=O)CCc2ccccc2C)c(CN(C)C)c1. The van der Waals surface area contributed by atoms with Gasteiger partial charge in [0.2, 0.25) is 5.91 Å². The first kappa shape index (κ1) is 17.2. The lowest BCUT2D eigenvalue weighted by molar-refractivity contribution is -0.116. The van der Waals surface area contributed by atoms with Crippen molar-refractivity contribution >= 4 is 11.6 Å². The second kappa shape index (κ2) is 7.93. The lowest BCUT2D eigenvalue weighted by Crippen LogP contribution is -2.17. The van der Waals surface area contributed by atoms with Crippen molar-refractivity contribution in [2.75, 3.05) is 19.4 Å². The summed E-state index contributed by atoms with van der Waals surface area (Å²) in [6.45, 7) is 4.97. The molecule has 0 fully saturated rings. The minimum absolute atomic E-state index is 0.0668. The highest BCUT2D eigenvalue weighted by Crippen LogP contribution is 2.19. The third-order valence-corrected chi connectivity index (χ3v) is 3.90. The van der Waals surface area contributed by atoms with Crippen LogP contribution in [0.5, 0.6) is 0 Å². The molecule has 0 aliphatic rings. The molecule has 3 heteroatoms. The Hall–Kier alpha value is -2.13. The number of rotatable bonds is 6. The average Bonchev–Trinajstić information content (AvgIpc) is 2.49. The predicted molar refractivity (Wildman–Crippen MR) is 96.7 cm³/mol. The molecule has 0 radical (unpaired) electrons. The molecular formula is C20H26N2O. The van der Waals surface area contributed by atoms with E-state index in [4.69, 9.17) is 0 Å². The van der Waals surface area contributed by atoms with Crippen LogP contribution in [0, 0.1) is 13.8 Å². The fraction of sp³-hybridized carbons (Fsp3) is 0.350. The first-order valence-electron chi connectivity index (χ1n) is 8.04. The maximum absolute atomic E-state index is 12.3. The van der Waals surface area contributed by atoms with Crippen molar-refractivity contribution in [3.05, 3.63) is 64.7 Å². The Morgan fingerprint density at radius 2 is 1.78 bits per heavy atom. The molecule has 1 N–H and O–H groups in total. The molecule has 0 bridgehead atoms. The molecule has 0 spiro atoms. The standard InChI is InChI=1S/C20H26N2O/c1-15-9-11-19(18(13-15)14-22(3)4)21-20(23)12-10-17-8-6-5-7-16(17)2/h5-9,11,13H,10,12,14H2,1-4H3,(H,21,23). The number of amides is 1. The Labute approximate surface area is 139 Å². The molecule has 2 aromatic rings. The fourth-order valence-electron chi connectivity index (χ4n) is 2.67. The van der Waals surface area contributed by atoms with E-state index >= 15 is 0 Å². The molecule has 0 aliphatic carbocycles. The summed E-state index contributed by atoms with van der Waals surface area (Å²) in [5, 5.41) is 3.07. The van der Waals surface area contributed by atoms with Gasteiger partial charge in [-0.15, -0.1) is 0 Å². The van der Waals surface area contributed by atoms with Crippen molar-refractivity contribution in [2.45, 2.75) is 33.2 Å². The molecule has 122 valence electrons. The molecule has 0 aromatic heterocycles. The van der Waals surface area contributed by atoms with Gasteiger partial charge in [0, 0.05) is 18.7 Å². The number of carbonyl (C=O) groups is 1. The Balaban J connectivity index is 2.01. The highest BCUT2D eigenvalue weighted by molar-refractivity contribution is 5.91. The van der Waals surface area contributed by atoms with Gasteiger partial charge >= 0.3 is 0 Å². The van der Waals surface area contributed by atoms with Gasteiger partial charge in [0.1, 0.15) is 0 Å². The summed E-state index contributed by atoms with van der Waals surface area (Å²) in [5.41, 5.74) is 5.75. The van der Waals surface area contributed by atoms with Crippen molar-refractivity contribution in [2.24, 2.45) is 0 Å². The normalized spacial score (nSPS) is 10.8. The van der Waals surface area contributed by atoms with Crippen LogP contribution in [-0.2, 0) is 17.8 Å². The zero-order valence-corrected chi connectivity index (χ0v) is 14.5. The fourth-order valence-corrected chi connectivity index (χ4v) is 2.67. The lowest BCUT2D eigenvalue weighted by Gasteiger charge is -2.16. The van der Waals surface area contributed by atoms with E-state index in [1.165, 1.54) is 16.7 Å². The molecule has 0 saturated carbocycles. The number of nitrogens with zero attached hydrogens (tertiary/aromatic N) is 1. The summed E-state index contributed by atoms with van der Waals surface area (Å²) in [5.74, 6) is 0.0668. The first-order chi connectivity index (χ1) is 11.0. The summed E-state index contributed by atoms with van der Waals surface area (Å²) in [4.78, 5) is 14.4. The molecule has 1 amide bonds. The van der Waals surface area contributed by atoms with Gasteiger partial charge in [0.05, 0.1) is 0 Å². The Kier molecular flexibility index (Phi) is 5.94. The van der Waals surface area contributed by atoms with Crippen molar-refractivity contribution < 1.29 is 4.79 Å². The van der Waals surface area contributed by atoms with Gasteiger partial charge in [-0.05, 0) is 57.1 Å². The van der Waals surface area contributed by atoms with Gasteiger partial charge in [-0.3, -0.25) is 4.79 Å². The van der Waals surface area contributed by atoms with E-state index in [9.17, 15) is 4.79 Å². The van der Waals surface area contributed by atoms with Crippen LogP contribution in [0.1, 0.15) is 28.7 Å². The van der Waals surface area contributed by atoms with Crippen molar-refractivity contribution in [3.8, 4) is 0 Å². The van der Waals surface area contributed by atoms with E-state index in [2.05, 4.69) is 42.3 Å². The predicted octanol–water partition coefficient (Wildman–Crippen LogP) is 3.94. The largest absolute Gasteiger partial charge is 0.326 e. The Morgan fingerprint density at radius 1 is 1.04 bits per heavy atom. The summed E-state index contributed by atoms with van der Waals surface area (Å²) >= 11 is 0. The quantitative estimate of drug-likeness (QED) is 0.876. The van der Waals surface area contributed by atoms with E-state index in [1.807, 2.05) is 38.4 Å². The van der Waals surface area contributed by atoms with E-state index < -0.39 is 0 Å². The number of anilines is 1. The Morgan fingerprint density at radius 3 is 2.48 bits per heavy atom. The lowest BCUT2D eigenvalue weighted by atomic mass is 10.0. The third-order valence-electron chi connectivity index (χ3n) is 3.90. The van der Waals surface area contributed by atoms with Gasteiger partial charge in [0.15, 0.2) is 0 Å². The van der Waals surface area contributed by atoms with Crippen LogP contribution in [0.25, 0.3) is 0 Å². The number of benzene rings is 2. The molecule has 0 unspecified atom stereocenters. The van der Waals surface area contributed by atoms with E-state index in [-0.39, 0.29) is 5.91 Å².